The molecule has 3 nitrogen and oxygen atoms in total. The molecule has 1 unspecified atom stereocenters. The predicted molar refractivity (Wildman–Crippen MR) is 68.4 cm³/mol. The van der Waals surface area contributed by atoms with Gasteiger partial charge in [-0.1, -0.05) is 31.5 Å². The molecule has 1 heterocycles. The number of rotatable bonds is 5. The van der Waals surface area contributed by atoms with Crippen LogP contribution in [-0.2, 0) is 4.74 Å². The van der Waals surface area contributed by atoms with E-state index in [0.29, 0.717) is 0 Å². The van der Waals surface area contributed by atoms with Crippen molar-refractivity contribution < 1.29 is 9.47 Å². The Morgan fingerprint density at radius 1 is 1.41 bits per heavy atom. The minimum atomic E-state index is 0.126. The zero-order valence-corrected chi connectivity index (χ0v) is 10.4. The largest absolute Gasteiger partial charge is 0.493 e. The summed E-state index contributed by atoms with van der Waals surface area (Å²) in [5.41, 5.74) is 1.16. The summed E-state index contributed by atoms with van der Waals surface area (Å²) in [5.74, 6) is 0.967. The average molecular weight is 235 g/mol. The lowest BCUT2D eigenvalue weighted by atomic mass is 10.1. The molecule has 0 aliphatic carbocycles. The fourth-order valence-electron chi connectivity index (χ4n) is 1.97. The number of hydrogen-bond acceptors (Lipinski definition) is 3. The Labute approximate surface area is 103 Å². The van der Waals surface area contributed by atoms with Gasteiger partial charge in [-0.25, -0.2) is 0 Å². The fourth-order valence-corrected chi connectivity index (χ4v) is 1.97. The third-order valence-electron chi connectivity index (χ3n) is 2.95. The van der Waals surface area contributed by atoms with E-state index in [2.05, 4.69) is 18.3 Å². The van der Waals surface area contributed by atoms with Crippen molar-refractivity contribution in [3.05, 3.63) is 29.8 Å². The molecule has 0 bridgehead atoms. The van der Waals surface area contributed by atoms with Gasteiger partial charge in [-0.3, -0.25) is 0 Å². The Bertz CT molecular complexity index is 335. The van der Waals surface area contributed by atoms with Crippen LogP contribution in [0.4, 0.5) is 0 Å². The van der Waals surface area contributed by atoms with Gasteiger partial charge in [-0.05, 0) is 12.5 Å². The molecule has 0 saturated carbocycles. The van der Waals surface area contributed by atoms with Crippen LogP contribution in [0.25, 0.3) is 0 Å². The zero-order valence-electron chi connectivity index (χ0n) is 10.4. The summed E-state index contributed by atoms with van der Waals surface area (Å²) < 4.78 is 11.6. The summed E-state index contributed by atoms with van der Waals surface area (Å²) in [7, 11) is 0. The molecule has 0 aromatic heterocycles. The van der Waals surface area contributed by atoms with Crippen LogP contribution in [0.3, 0.4) is 0 Å². The van der Waals surface area contributed by atoms with Crippen LogP contribution in [-0.4, -0.2) is 26.3 Å². The minimum Gasteiger partial charge on any atom is -0.493 e. The van der Waals surface area contributed by atoms with E-state index in [1.54, 1.807) is 0 Å². The van der Waals surface area contributed by atoms with Crippen LogP contribution in [0.15, 0.2) is 24.3 Å². The van der Waals surface area contributed by atoms with Gasteiger partial charge < -0.3 is 14.8 Å². The number of morpholine rings is 1. The Kier molecular flexibility index (Phi) is 4.83. The smallest absolute Gasteiger partial charge is 0.125 e. The highest BCUT2D eigenvalue weighted by Crippen LogP contribution is 2.28. The highest BCUT2D eigenvalue weighted by molar-refractivity contribution is 5.35. The van der Waals surface area contributed by atoms with Crippen LogP contribution >= 0.6 is 0 Å². The first kappa shape index (κ1) is 12.4. The molecule has 0 spiro atoms. The molecule has 1 aromatic carbocycles. The third kappa shape index (κ3) is 3.45. The molecule has 94 valence electrons. The molecular weight excluding hydrogens is 214 g/mol. The van der Waals surface area contributed by atoms with Crippen molar-refractivity contribution in [2.45, 2.75) is 25.9 Å². The molecule has 1 fully saturated rings. The lowest BCUT2D eigenvalue weighted by Crippen LogP contribution is -2.33. The van der Waals surface area contributed by atoms with Gasteiger partial charge >= 0.3 is 0 Å². The Hall–Kier alpha value is -1.06. The van der Waals surface area contributed by atoms with E-state index < -0.39 is 0 Å². The molecule has 1 N–H and O–H groups in total. The first-order valence-electron chi connectivity index (χ1n) is 6.46. The Morgan fingerprint density at radius 2 is 2.29 bits per heavy atom. The first-order chi connectivity index (χ1) is 8.42. The number of hydrogen-bond donors (Lipinski definition) is 1. The van der Waals surface area contributed by atoms with Crippen LogP contribution in [0.2, 0.25) is 0 Å². The summed E-state index contributed by atoms with van der Waals surface area (Å²) >= 11 is 0. The maximum atomic E-state index is 5.82. The van der Waals surface area contributed by atoms with E-state index in [9.17, 15) is 0 Å². The monoisotopic (exact) mass is 235 g/mol. The molecular formula is C14H21NO2. The summed E-state index contributed by atoms with van der Waals surface area (Å²) in [6.07, 6.45) is 2.38. The number of nitrogens with one attached hydrogen (secondary N) is 1. The van der Waals surface area contributed by atoms with Gasteiger partial charge in [0.05, 0.1) is 19.3 Å². The van der Waals surface area contributed by atoms with Crippen LogP contribution < -0.4 is 10.1 Å². The molecule has 1 aromatic rings. The molecule has 3 heteroatoms. The van der Waals surface area contributed by atoms with Crippen LogP contribution in [0.1, 0.15) is 31.4 Å². The summed E-state index contributed by atoms with van der Waals surface area (Å²) in [6.45, 7) is 5.54. The van der Waals surface area contributed by atoms with E-state index in [4.69, 9.17) is 9.47 Å². The summed E-state index contributed by atoms with van der Waals surface area (Å²) in [6, 6.07) is 8.18. The molecule has 0 radical (unpaired) electrons. The van der Waals surface area contributed by atoms with Crippen molar-refractivity contribution >= 4 is 0 Å². The summed E-state index contributed by atoms with van der Waals surface area (Å²) in [4.78, 5) is 0. The lowest BCUT2D eigenvalue weighted by molar-refractivity contribution is 0.0259. The second-order valence-electron chi connectivity index (χ2n) is 4.30. The molecule has 1 atom stereocenters. The van der Waals surface area contributed by atoms with Crippen molar-refractivity contribution in [3.8, 4) is 5.75 Å². The predicted octanol–water partition coefficient (Wildman–Crippen LogP) is 2.53. The first-order valence-corrected chi connectivity index (χ1v) is 6.46. The van der Waals surface area contributed by atoms with E-state index in [0.717, 1.165) is 50.5 Å². The Balaban J connectivity index is 2.03. The highest BCUT2D eigenvalue weighted by Gasteiger charge is 2.19. The average Bonchev–Trinajstić information content (AvgIpc) is 2.41. The number of unbranched alkanes of at least 4 members (excludes halogenated alkanes) is 1. The minimum absolute atomic E-state index is 0.126. The SMILES string of the molecule is CCCCOc1ccccc1C1CNCCO1. The maximum absolute atomic E-state index is 5.82. The number of para-hydroxylation sites is 1. The van der Waals surface area contributed by atoms with Crippen molar-refractivity contribution in [3.63, 3.8) is 0 Å². The van der Waals surface area contributed by atoms with E-state index in [1.807, 2.05) is 18.2 Å². The number of benzene rings is 1. The molecule has 17 heavy (non-hydrogen) atoms. The fraction of sp³-hybridized carbons (Fsp3) is 0.571. The van der Waals surface area contributed by atoms with Crippen molar-refractivity contribution in [1.82, 2.24) is 5.32 Å². The lowest BCUT2D eigenvalue weighted by Gasteiger charge is -2.25. The standard InChI is InChI=1S/C14H21NO2/c1-2-3-9-16-13-7-5-4-6-12(13)14-11-15-8-10-17-14/h4-7,14-15H,2-3,8-11H2,1H3. The van der Waals surface area contributed by atoms with Gasteiger partial charge in [0.15, 0.2) is 0 Å². The maximum Gasteiger partial charge on any atom is 0.125 e. The third-order valence-corrected chi connectivity index (χ3v) is 2.95. The van der Waals surface area contributed by atoms with Crippen molar-refractivity contribution in [2.24, 2.45) is 0 Å². The topological polar surface area (TPSA) is 30.5 Å². The zero-order chi connectivity index (χ0) is 11.9. The second-order valence-corrected chi connectivity index (χ2v) is 4.30. The second kappa shape index (κ2) is 6.62. The van der Waals surface area contributed by atoms with Gasteiger partial charge in [-0.15, -0.1) is 0 Å². The van der Waals surface area contributed by atoms with Gasteiger partial charge in [-0.2, -0.15) is 0 Å². The van der Waals surface area contributed by atoms with Crippen LogP contribution in [0.5, 0.6) is 5.75 Å². The normalized spacial score (nSPS) is 20.2. The van der Waals surface area contributed by atoms with Gasteiger partial charge in [0.1, 0.15) is 5.75 Å². The highest BCUT2D eigenvalue weighted by atomic mass is 16.5. The quantitative estimate of drug-likeness (QED) is 0.795. The van der Waals surface area contributed by atoms with Gasteiger partial charge in [0.2, 0.25) is 0 Å². The van der Waals surface area contributed by atoms with Crippen LogP contribution in [0, 0.1) is 0 Å². The summed E-state index contributed by atoms with van der Waals surface area (Å²) in [5, 5.41) is 3.35. The molecule has 1 saturated heterocycles. The van der Waals surface area contributed by atoms with Crippen molar-refractivity contribution in [2.75, 3.05) is 26.3 Å². The molecule has 2 rings (SSSR count). The number of ether oxygens (including phenoxy) is 2. The van der Waals surface area contributed by atoms with Gasteiger partial charge in [0.25, 0.3) is 0 Å². The molecule has 1 aliphatic heterocycles. The van der Waals surface area contributed by atoms with E-state index in [-0.39, 0.29) is 6.10 Å². The van der Waals surface area contributed by atoms with E-state index in [1.165, 1.54) is 0 Å². The van der Waals surface area contributed by atoms with Crippen molar-refractivity contribution in [1.29, 1.82) is 0 Å². The Morgan fingerprint density at radius 3 is 3.06 bits per heavy atom. The van der Waals surface area contributed by atoms with Gasteiger partial charge in [0, 0.05) is 18.7 Å². The van der Waals surface area contributed by atoms with E-state index >= 15 is 0 Å². The molecule has 0 amide bonds. The molecule has 1 aliphatic rings.